The summed E-state index contributed by atoms with van der Waals surface area (Å²) >= 11 is 5.59. The molecule has 1 aromatic carbocycles. The summed E-state index contributed by atoms with van der Waals surface area (Å²) in [6.45, 7) is 0. The van der Waals surface area contributed by atoms with E-state index in [0.29, 0.717) is 18.4 Å². The maximum atomic E-state index is 12.8. The molecule has 2 rings (SSSR count). The Morgan fingerprint density at radius 1 is 1.31 bits per heavy atom. The van der Waals surface area contributed by atoms with Crippen LogP contribution in [0.5, 0.6) is 0 Å². The number of benzene rings is 1. The minimum Gasteiger partial charge on any atom is -0.207 e. The van der Waals surface area contributed by atoms with Crippen LogP contribution in [0.2, 0.25) is 0 Å². The second kappa shape index (κ2) is 3.91. The molecule has 2 atom stereocenters. The fraction of sp³-hybridized carbons (Fsp3) is 0.455. The van der Waals surface area contributed by atoms with Crippen molar-refractivity contribution >= 4 is 11.6 Å². The van der Waals surface area contributed by atoms with Gasteiger partial charge in [0, 0.05) is 5.88 Å². The smallest absolute Gasteiger partial charge is 0.207 e. The highest BCUT2D eigenvalue weighted by atomic mass is 35.5. The minimum atomic E-state index is -4.50. The Labute approximate surface area is 95.2 Å². The molecule has 1 saturated carbocycles. The normalized spacial score (nSPS) is 24.6. The van der Waals surface area contributed by atoms with E-state index >= 15 is 0 Å². The largest absolute Gasteiger partial charge is 0.416 e. The van der Waals surface area contributed by atoms with E-state index in [0.717, 1.165) is 6.07 Å². The number of hydrogen-bond donors (Lipinski definition) is 0. The first-order valence-corrected chi connectivity index (χ1v) is 5.39. The van der Waals surface area contributed by atoms with Gasteiger partial charge in [-0.1, -0.05) is 6.07 Å². The van der Waals surface area contributed by atoms with Gasteiger partial charge in [0.1, 0.15) is 5.82 Å². The molecular weight excluding hydrogens is 244 g/mol. The maximum Gasteiger partial charge on any atom is 0.416 e. The summed E-state index contributed by atoms with van der Waals surface area (Å²) < 4.78 is 50.8. The quantitative estimate of drug-likeness (QED) is 0.547. The first-order chi connectivity index (χ1) is 7.43. The average molecular weight is 253 g/mol. The Kier molecular flexibility index (Phi) is 2.86. The van der Waals surface area contributed by atoms with Crippen LogP contribution in [0.3, 0.4) is 0 Å². The van der Waals surface area contributed by atoms with Crippen LogP contribution in [-0.2, 0) is 6.18 Å². The predicted octanol–water partition coefficient (Wildman–Crippen LogP) is 4.19. The van der Waals surface area contributed by atoms with E-state index in [1.807, 2.05) is 0 Å². The number of halogens is 5. The van der Waals surface area contributed by atoms with Gasteiger partial charge in [-0.3, -0.25) is 0 Å². The fourth-order valence-electron chi connectivity index (χ4n) is 1.90. The van der Waals surface area contributed by atoms with E-state index in [4.69, 9.17) is 11.6 Å². The van der Waals surface area contributed by atoms with Gasteiger partial charge in [-0.2, -0.15) is 13.2 Å². The summed E-state index contributed by atoms with van der Waals surface area (Å²) in [5.74, 6) is -0.596. The van der Waals surface area contributed by atoms with Crippen LogP contribution in [0.4, 0.5) is 17.6 Å². The molecule has 16 heavy (non-hydrogen) atoms. The van der Waals surface area contributed by atoms with E-state index in [9.17, 15) is 17.6 Å². The Hall–Kier alpha value is -0.770. The minimum absolute atomic E-state index is 0.0910. The topological polar surface area (TPSA) is 0 Å². The average Bonchev–Trinajstić information content (AvgIpc) is 2.95. The van der Waals surface area contributed by atoms with E-state index in [1.54, 1.807) is 0 Å². The lowest BCUT2D eigenvalue weighted by Crippen LogP contribution is -2.09. The highest BCUT2D eigenvalue weighted by Gasteiger charge is 2.43. The van der Waals surface area contributed by atoms with Gasteiger partial charge in [-0.25, -0.2) is 4.39 Å². The van der Waals surface area contributed by atoms with Crippen LogP contribution in [0.15, 0.2) is 18.2 Å². The monoisotopic (exact) mass is 252 g/mol. The van der Waals surface area contributed by atoms with E-state index in [2.05, 4.69) is 0 Å². The van der Waals surface area contributed by atoms with E-state index in [1.165, 1.54) is 6.07 Å². The van der Waals surface area contributed by atoms with Gasteiger partial charge in [0.05, 0.1) is 5.56 Å². The van der Waals surface area contributed by atoms with Crippen LogP contribution in [0.1, 0.15) is 23.5 Å². The molecule has 0 saturated heterocycles. The zero-order valence-corrected chi connectivity index (χ0v) is 8.95. The Morgan fingerprint density at radius 2 is 2.00 bits per heavy atom. The fourth-order valence-corrected chi connectivity index (χ4v) is 2.24. The molecule has 0 radical (unpaired) electrons. The predicted molar refractivity (Wildman–Crippen MR) is 53.0 cm³/mol. The highest BCUT2D eigenvalue weighted by molar-refractivity contribution is 6.18. The Morgan fingerprint density at radius 3 is 2.50 bits per heavy atom. The molecule has 2 unspecified atom stereocenters. The third-order valence-corrected chi connectivity index (χ3v) is 3.24. The molecule has 0 spiro atoms. The zero-order valence-electron chi connectivity index (χ0n) is 8.19. The summed E-state index contributed by atoms with van der Waals surface area (Å²) in [6.07, 6.45) is -3.85. The van der Waals surface area contributed by atoms with Crippen LogP contribution in [-0.4, -0.2) is 5.88 Å². The Bertz CT molecular complexity index is 399. The third kappa shape index (κ3) is 2.17. The van der Waals surface area contributed by atoms with Crippen molar-refractivity contribution in [1.29, 1.82) is 0 Å². The summed E-state index contributed by atoms with van der Waals surface area (Å²) in [7, 11) is 0. The molecule has 5 heteroatoms. The molecule has 0 bridgehead atoms. The Balaban J connectivity index is 2.38. The van der Waals surface area contributed by atoms with Crippen molar-refractivity contribution in [2.45, 2.75) is 18.5 Å². The molecule has 1 aliphatic rings. The van der Waals surface area contributed by atoms with Crippen molar-refractivity contribution in [1.82, 2.24) is 0 Å². The van der Waals surface area contributed by atoms with Gasteiger partial charge in [-0.05, 0) is 36.0 Å². The van der Waals surface area contributed by atoms with Crippen LogP contribution in [0, 0.1) is 11.7 Å². The molecule has 1 aliphatic carbocycles. The second-order valence-electron chi connectivity index (χ2n) is 3.99. The van der Waals surface area contributed by atoms with Crippen LogP contribution < -0.4 is 0 Å². The molecule has 0 N–H and O–H groups in total. The van der Waals surface area contributed by atoms with Crippen molar-refractivity contribution in [3.63, 3.8) is 0 Å². The molecular formula is C11H9ClF4. The first kappa shape index (κ1) is 11.7. The van der Waals surface area contributed by atoms with Gasteiger partial charge in [-0.15, -0.1) is 11.6 Å². The van der Waals surface area contributed by atoms with Gasteiger partial charge in [0.2, 0.25) is 0 Å². The van der Waals surface area contributed by atoms with Crippen molar-refractivity contribution < 1.29 is 17.6 Å². The van der Waals surface area contributed by atoms with E-state index in [-0.39, 0.29) is 17.4 Å². The molecule has 0 amide bonds. The molecule has 0 aliphatic heterocycles. The van der Waals surface area contributed by atoms with Crippen molar-refractivity contribution in [2.24, 2.45) is 5.92 Å². The van der Waals surface area contributed by atoms with Crippen LogP contribution >= 0.6 is 11.6 Å². The number of alkyl halides is 4. The number of rotatable bonds is 2. The number of hydrogen-bond acceptors (Lipinski definition) is 0. The summed E-state index contributed by atoms with van der Waals surface area (Å²) in [5, 5.41) is 0. The third-order valence-electron chi connectivity index (χ3n) is 2.84. The lowest BCUT2D eigenvalue weighted by Gasteiger charge is -2.12. The van der Waals surface area contributed by atoms with Crippen LogP contribution in [0.25, 0.3) is 0 Å². The summed E-state index contributed by atoms with van der Waals surface area (Å²) in [4.78, 5) is 0. The highest BCUT2D eigenvalue weighted by Crippen LogP contribution is 2.51. The van der Waals surface area contributed by atoms with Crippen molar-refractivity contribution in [3.8, 4) is 0 Å². The standard InChI is InChI=1S/C11H9ClF4/c12-5-6-3-9(6)8-2-1-7(13)4-10(8)11(14,15)16/h1-2,4,6,9H,3,5H2. The van der Waals surface area contributed by atoms with Crippen molar-refractivity contribution in [2.75, 3.05) is 5.88 Å². The summed E-state index contributed by atoms with van der Waals surface area (Å²) in [5.41, 5.74) is -0.704. The van der Waals surface area contributed by atoms with Gasteiger partial charge >= 0.3 is 6.18 Å². The zero-order chi connectivity index (χ0) is 11.9. The second-order valence-corrected chi connectivity index (χ2v) is 4.29. The molecule has 0 aromatic heterocycles. The maximum absolute atomic E-state index is 12.8. The molecule has 0 heterocycles. The summed E-state index contributed by atoms with van der Waals surface area (Å²) in [6, 6.07) is 2.84. The van der Waals surface area contributed by atoms with Gasteiger partial charge in [0.25, 0.3) is 0 Å². The molecule has 1 aromatic rings. The lowest BCUT2D eigenvalue weighted by atomic mass is 10.0. The van der Waals surface area contributed by atoms with Gasteiger partial charge in [0.15, 0.2) is 0 Å². The molecule has 0 nitrogen and oxygen atoms in total. The van der Waals surface area contributed by atoms with Crippen molar-refractivity contribution in [3.05, 3.63) is 35.1 Å². The SMILES string of the molecule is Fc1ccc(C2CC2CCl)c(C(F)(F)F)c1. The lowest BCUT2D eigenvalue weighted by molar-refractivity contribution is -0.138. The first-order valence-electron chi connectivity index (χ1n) is 4.86. The van der Waals surface area contributed by atoms with Gasteiger partial charge < -0.3 is 0 Å². The molecule has 1 fully saturated rings. The van der Waals surface area contributed by atoms with E-state index < -0.39 is 17.6 Å². The molecule has 88 valence electrons.